The van der Waals surface area contributed by atoms with Gasteiger partial charge in [0.1, 0.15) is 17.2 Å². The lowest BCUT2D eigenvalue weighted by atomic mass is 9.94. The van der Waals surface area contributed by atoms with Gasteiger partial charge in [-0.1, -0.05) is 5.16 Å². The average molecular weight is 457 g/mol. The summed E-state index contributed by atoms with van der Waals surface area (Å²) in [5.74, 6) is 0.704. The van der Waals surface area contributed by atoms with Crippen molar-refractivity contribution in [2.45, 2.75) is 71.4 Å². The molecule has 0 saturated carbocycles. The number of nitrogens with one attached hydrogen (secondary N) is 1. The number of piperidine rings is 1. The van der Waals surface area contributed by atoms with Crippen LogP contribution in [0.2, 0.25) is 0 Å². The van der Waals surface area contributed by atoms with Gasteiger partial charge in [-0.05, 0) is 76.6 Å². The largest absolute Gasteiger partial charge is 0.381 e. The van der Waals surface area contributed by atoms with E-state index in [1.165, 1.54) is 6.07 Å². The van der Waals surface area contributed by atoms with Gasteiger partial charge in [0.2, 0.25) is 0 Å². The van der Waals surface area contributed by atoms with E-state index in [2.05, 4.69) is 27.3 Å². The third-order valence-electron chi connectivity index (χ3n) is 6.87. The van der Waals surface area contributed by atoms with Gasteiger partial charge >= 0.3 is 0 Å². The first-order valence-electron chi connectivity index (χ1n) is 13.2. The molecule has 0 aliphatic carbocycles. The molecule has 7 nitrogen and oxygen atoms in total. The van der Waals surface area contributed by atoms with Crippen molar-refractivity contribution in [2.24, 2.45) is 0 Å². The zero-order valence-electron chi connectivity index (χ0n) is 22.3. The van der Waals surface area contributed by atoms with Crippen LogP contribution >= 0.6 is 0 Å². The molecule has 2 fully saturated rings. The van der Waals surface area contributed by atoms with E-state index < -0.39 is 12.7 Å². The first-order chi connectivity index (χ1) is 17.1. The molecule has 0 unspecified atom stereocenters. The highest BCUT2D eigenvalue weighted by atomic mass is 19.1. The summed E-state index contributed by atoms with van der Waals surface area (Å²) in [6, 6.07) is 3.55. The molecule has 2 aliphatic heterocycles. The maximum Gasteiger partial charge on any atom is 0.261 e. The van der Waals surface area contributed by atoms with Crippen LogP contribution in [0.4, 0.5) is 10.2 Å². The number of aryl methyl sites for hydroxylation is 3. The number of aromatic nitrogens is 3. The third kappa shape index (κ3) is 4.34. The molecule has 176 valence electrons. The monoisotopic (exact) mass is 456 g/mol. The number of ether oxygens (including phenoxy) is 1. The highest BCUT2D eigenvalue weighted by molar-refractivity contribution is 5.93. The molecule has 2 atom stereocenters. The van der Waals surface area contributed by atoms with Crippen molar-refractivity contribution in [2.75, 3.05) is 24.7 Å². The molecule has 0 bridgehead atoms. The molecule has 0 amide bonds. The maximum atomic E-state index is 15.3. The molecule has 5 rings (SSSR count). The van der Waals surface area contributed by atoms with E-state index in [9.17, 15) is 0 Å². The van der Waals surface area contributed by atoms with Crippen molar-refractivity contribution in [1.29, 1.82) is 0 Å². The molecular formula is C25H32FN5O2. The highest BCUT2D eigenvalue weighted by Crippen LogP contribution is 2.39. The normalized spacial score (nSPS) is 24.0. The number of anilines is 1. The van der Waals surface area contributed by atoms with Crippen LogP contribution in [0, 0.1) is 26.5 Å². The average Bonchev–Trinajstić information content (AvgIpc) is 3.25. The minimum Gasteiger partial charge on any atom is -0.381 e. The summed E-state index contributed by atoms with van der Waals surface area (Å²) in [6.45, 7) is 5.61. The highest BCUT2D eigenvalue weighted by Gasteiger charge is 2.32. The summed E-state index contributed by atoms with van der Waals surface area (Å²) in [4.78, 5) is 11.4. The van der Waals surface area contributed by atoms with E-state index in [4.69, 9.17) is 18.4 Å². The van der Waals surface area contributed by atoms with Crippen LogP contribution in [0.5, 0.6) is 0 Å². The van der Waals surface area contributed by atoms with Gasteiger partial charge in [-0.25, -0.2) is 9.37 Å². The van der Waals surface area contributed by atoms with E-state index in [0.29, 0.717) is 46.1 Å². The lowest BCUT2D eigenvalue weighted by Crippen LogP contribution is -2.51. The molecule has 33 heavy (non-hydrogen) atoms. The van der Waals surface area contributed by atoms with E-state index >= 15 is 4.39 Å². The quantitative estimate of drug-likeness (QED) is 0.620. The molecule has 3 aromatic rings. The second-order valence-corrected chi connectivity index (χ2v) is 9.25. The fraction of sp³-hybridized carbons (Fsp3) is 0.560. The van der Waals surface area contributed by atoms with Crippen molar-refractivity contribution in [1.82, 2.24) is 20.4 Å². The zero-order valence-corrected chi connectivity index (χ0v) is 19.3. The molecule has 1 aromatic carbocycles. The lowest BCUT2D eigenvalue weighted by molar-refractivity contribution is 0.0733. The second kappa shape index (κ2) is 8.99. The van der Waals surface area contributed by atoms with Crippen molar-refractivity contribution in [3.05, 3.63) is 34.9 Å². The summed E-state index contributed by atoms with van der Waals surface area (Å²) < 4.78 is 49.6. The van der Waals surface area contributed by atoms with E-state index in [0.717, 1.165) is 51.5 Å². The maximum absolute atomic E-state index is 15.3. The topological polar surface area (TPSA) is 76.3 Å². The molecule has 0 radical (unpaired) electrons. The number of rotatable bonds is 4. The van der Waals surface area contributed by atoms with Crippen LogP contribution in [0.15, 0.2) is 16.7 Å². The van der Waals surface area contributed by atoms with Crippen molar-refractivity contribution in [3.8, 4) is 11.5 Å². The number of pyridine rings is 1. The van der Waals surface area contributed by atoms with Gasteiger partial charge < -0.3 is 19.5 Å². The summed E-state index contributed by atoms with van der Waals surface area (Å²) >= 11 is 0. The Hall–Kier alpha value is -2.58. The van der Waals surface area contributed by atoms with Crippen LogP contribution in [0.25, 0.3) is 22.4 Å². The van der Waals surface area contributed by atoms with E-state index in [1.807, 2.05) is 6.92 Å². The molecule has 4 heterocycles. The Balaban J connectivity index is 1.55. The Labute approximate surface area is 197 Å². The smallest absolute Gasteiger partial charge is 0.261 e. The number of benzene rings is 1. The van der Waals surface area contributed by atoms with Crippen molar-refractivity contribution >= 4 is 16.7 Å². The van der Waals surface area contributed by atoms with Crippen LogP contribution in [-0.4, -0.2) is 53.0 Å². The Morgan fingerprint density at radius 3 is 2.67 bits per heavy atom. The van der Waals surface area contributed by atoms with Crippen LogP contribution in [0.3, 0.4) is 0 Å². The molecule has 8 heteroatoms. The fourth-order valence-electron chi connectivity index (χ4n) is 5.16. The van der Waals surface area contributed by atoms with Crippen molar-refractivity contribution < 1.29 is 17.8 Å². The molecule has 2 aromatic heterocycles. The third-order valence-corrected chi connectivity index (χ3v) is 6.87. The summed E-state index contributed by atoms with van der Waals surface area (Å²) in [5.41, 5.74) is 1.36. The molecule has 2 aliphatic rings. The Bertz CT molecular complexity index is 1260. The van der Waals surface area contributed by atoms with Gasteiger partial charge in [-0.3, -0.25) is 0 Å². The molecule has 1 N–H and O–H groups in total. The predicted octanol–water partition coefficient (Wildman–Crippen LogP) is 4.48. The lowest BCUT2D eigenvalue weighted by Gasteiger charge is -2.41. The minimum atomic E-state index is -2.44. The number of nitrogens with zero attached hydrogens (tertiary/aromatic N) is 4. The van der Waals surface area contributed by atoms with Crippen molar-refractivity contribution in [3.63, 3.8) is 0 Å². The zero-order chi connectivity index (χ0) is 25.6. The van der Waals surface area contributed by atoms with Crippen LogP contribution in [-0.2, 0) is 4.74 Å². The van der Waals surface area contributed by atoms with Gasteiger partial charge in [0.15, 0.2) is 5.82 Å². The predicted molar refractivity (Wildman–Crippen MR) is 126 cm³/mol. The molecule has 2 saturated heterocycles. The number of halogens is 1. The van der Waals surface area contributed by atoms with E-state index in [1.54, 1.807) is 6.92 Å². The van der Waals surface area contributed by atoms with E-state index in [-0.39, 0.29) is 17.1 Å². The standard InChI is InChI=1S/C25H32FN5O2/c1-14-11-20-16(3)22(25-27-17(4)30-33-25)24(29-23(20)21(26)12-14)31-8-5-19(13-15(31)2)28-18-6-9-32-10-7-18/h11-12,15,18-19,28H,5-10,13H2,1-4H3/t15-,19-/m1/s1/i1D3. The van der Waals surface area contributed by atoms with Crippen LogP contribution in [0.1, 0.15) is 53.7 Å². The van der Waals surface area contributed by atoms with Gasteiger partial charge in [-0.2, -0.15) is 4.98 Å². The Morgan fingerprint density at radius 1 is 1.15 bits per heavy atom. The van der Waals surface area contributed by atoms with Crippen LogP contribution < -0.4 is 10.2 Å². The number of fused-ring (bicyclic) bond motifs is 1. The first kappa shape index (κ1) is 18.8. The molecule has 0 spiro atoms. The Kier molecular flexibility index (Phi) is 5.12. The summed E-state index contributed by atoms with van der Waals surface area (Å²) in [7, 11) is 0. The fourth-order valence-corrected chi connectivity index (χ4v) is 5.16. The van der Waals surface area contributed by atoms with Gasteiger partial charge in [0.05, 0.1) is 5.56 Å². The Morgan fingerprint density at radius 2 is 1.97 bits per heavy atom. The SMILES string of the molecule is [2H]C([2H])([2H])c1cc(F)c2nc(N3CC[C@@H](NC4CCOCC4)C[C@H]3C)c(-c3nc(C)no3)c(C)c2c1. The summed E-state index contributed by atoms with van der Waals surface area (Å²) in [6.07, 6.45) is 3.89. The van der Waals surface area contributed by atoms with Gasteiger partial charge in [-0.15, -0.1) is 0 Å². The first-order valence-corrected chi connectivity index (χ1v) is 11.7. The van der Waals surface area contributed by atoms with Gasteiger partial charge in [0.25, 0.3) is 5.89 Å². The minimum absolute atomic E-state index is 0.0637. The second-order valence-electron chi connectivity index (χ2n) is 9.25. The number of hydrogen-bond acceptors (Lipinski definition) is 7. The number of hydrogen-bond donors (Lipinski definition) is 1. The van der Waals surface area contributed by atoms with Gasteiger partial charge in [0, 0.05) is 47.4 Å². The summed E-state index contributed by atoms with van der Waals surface area (Å²) in [5, 5.41) is 8.18. The molecular weight excluding hydrogens is 421 g/mol.